The molecule has 2 aromatic rings. The van der Waals surface area contributed by atoms with Gasteiger partial charge >= 0.3 is 0 Å². The molecule has 0 amide bonds. The van der Waals surface area contributed by atoms with Gasteiger partial charge in [-0.05, 0) is 43.8 Å². The number of hydrogen-bond acceptors (Lipinski definition) is 4. The fraction of sp³-hybridized carbons (Fsp3) is 0.467. The van der Waals surface area contributed by atoms with E-state index < -0.39 is 0 Å². The molecule has 0 saturated carbocycles. The molecule has 0 fully saturated rings. The second kappa shape index (κ2) is 7.14. The molecule has 4 nitrogen and oxygen atoms in total. The van der Waals surface area contributed by atoms with Crippen LogP contribution in [0.1, 0.15) is 32.6 Å². The molecule has 1 aromatic heterocycles. The highest BCUT2D eigenvalue weighted by atomic mass is 19.1. The molecule has 0 N–H and O–H groups in total. The van der Waals surface area contributed by atoms with Crippen molar-refractivity contribution < 1.29 is 8.91 Å². The average molecular weight is 277 g/mol. The number of unbranched alkanes of at least 4 members (excludes halogenated alkanes) is 1. The topological polar surface area (TPSA) is 42.2 Å². The van der Waals surface area contributed by atoms with Crippen molar-refractivity contribution in [3.63, 3.8) is 0 Å². The predicted molar refractivity (Wildman–Crippen MR) is 75.6 cm³/mol. The first kappa shape index (κ1) is 14.7. The molecule has 0 saturated heterocycles. The Balaban J connectivity index is 2.02. The molecule has 0 aliphatic heterocycles. The first-order chi connectivity index (χ1) is 9.72. The highest BCUT2D eigenvalue weighted by molar-refractivity contribution is 5.53. The van der Waals surface area contributed by atoms with Crippen molar-refractivity contribution >= 4 is 0 Å². The third kappa shape index (κ3) is 3.87. The second-order valence-corrected chi connectivity index (χ2v) is 4.74. The molecule has 0 spiro atoms. The Morgan fingerprint density at radius 2 is 1.95 bits per heavy atom. The van der Waals surface area contributed by atoms with Crippen LogP contribution in [0, 0.1) is 5.82 Å². The highest BCUT2D eigenvalue weighted by Gasteiger charge is 2.11. The average Bonchev–Trinajstić information content (AvgIpc) is 2.92. The minimum atomic E-state index is -0.269. The third-order valence-electron chi connectivity index (χ3n) is 3.20. The first-order valence-electron chi connectivity index (χ1n) is 7.03. The van der Waals surface area contributed by atoms with Gasteiger partial charge in [-0.15, -0.1) is 0 Å². The predicted octanol–water partition coefficient (Wildman–Crippen LogP) is 3.50. The van der Waals surface area contributed by atoms with Crippen LogP contribution in [0.25, 0.3) is 11.4 Å². The van der Waals surface area contributed by atoms with E-state index in [4.69, 9.17) is 4.52 Å². The number of hydrogen-bond donors (Lipinski definition) is 0. The molecular weight excluding hydrogens is 257 g/mol. The second-order valence-electron chi connectivity index (χ2n) is 4.74. The largest absolute Gasteiger partial charge is 0.338 e. The Morgan fingerprint density at radius 1 is 1.20 bits per heavy atom. The van der Waals surface area contributed by atoms with Gasteiger partial charge < -0.3 is 4.52 Å². The van der Waals surface area contributed by atoms with Gasteiger partial charge in [0.2, 0.25) is 11.7 Å². The molecule has 2 rings (SSSR count). The van der Waals surface area contributed by atoms with Crippen molar-refractivity contribution in [3.05, 3.63) is 36.0 Å². The summed E-state index contributed by atoms with van der Waals surface area (Å²) in [6, 6.07) is 6.09. The van der Waals surface area contributed by atoms with Crippen molar-refractivity contribution in [1.82, 2.24) is 15.0 Å². The summed E-state index contributed by atoms with van der Waals surface area (Å²) in [6.45, 7) is 6.93. The van der Waals surface area contributed by atoms with Crippen molar-refractivity contribution in [3.8, 4) is 11.4 Å². The normalized spacial score (nSPS) is 11.2. The zero-order valence-electron chi connectivity index (χ0n) is 12.0. The lowest BCUT2D eigenvalue weighted by Crippen LogP contribution is -2.24. The molecule has 0 unspecified atom stereocenters. The van der Waals surface area contributed by atoms with E-state index in [0.717, 1.165) is 25.1 Å². The third-order valence-corrected chi connectivity index (χ3v) is 3.20. The Bertz CT molecular complexity index is 524. The minimum absolute atomic E-state index is 0.269. The van der Waals surface area contributed by atoms with Crippen LogP contribution in [0.3, 0.4) is 0 Å². The van der Waals surface area contributed by atoms with Crippen LogP contribution in [0.2, 0.25) is 0 Å². The van der Waals surface area contributed by atoms with Gasteiger partial charge in [0.05, 0.1) is 6.54 Å². The van der Waals surface area contributed by atoms with E-state index in [0.29, 0.717) is 18.3 Å². The van der Waals surface area contributed by atoms with Crippen molar-refractivity contribution in [2.75, 3.05) is 13.1 Å². The van der Waals surface area contributed by atoms with Crippen LogP contribution >= 0.6 is 0 Å². The van der Waals surface area contributed by atoms with Crippen LogP contribution in [-0.2, 0) is 6.54 Å². The molecule has 0 bridgehead atoms. The summed E-state index contributed by atoms with van der Waals surface area (Å²) >= 11 is 0. The molecule has 1 heterocycles. The van der Waals surface area contributed by atoms with Gasteiger partial charge in [-0.3, -0.25) is 4.90 Å². The quantitative estimate of drug-likeness (QED) is 0.777. The van der Waals surface area contributed by atoms with Gasteiger partial charge in [0.15, 0.2) is 0 Å². The highest BCUT2D eigenvalue weighted by Crippen LogP contribution is 2.16. The lowest BCUT2D eigenvalue weighted by atomic mass is 10.2. The van der Waals surface area contributed by atoms with Gasteiger partial charge in [-0.25, -0.2) is 4.39 Å². The van der Waals surface area contributed by atoms with Crippen LogP contribution in [-0.4, -0.2) is 28.1 Å². The summed E-state index contributed by atoms with van der Waals surface area (Å²) in [5.41, 5.74) is 0.762. The maximum absolute atomic E-state index is 12.9. The number of rotatable bonds is 7. The van der Waals surface area contributed by atoms with Crippen molar-refractivity contribution in [2.45, 2.75) is 33.2 Å². The standard InChI is InChI=1S/C15H20FN3O/c1-3-5-10-19(4-2)11-14-17-15(18-20-14)12-6-8-13(16)9-7-12/h6-9H,3-5,10-11H2,1-2H3. The fourth-order valence-corrected chi connectivity index (χ4v) is 1.96. The molecular formula is C15H20FN3O. The van der Waals surface area contributed by atoms with Crippen LogP contribution in [0.15, 0.2) is 28.8 Å². The lowest BCUT2D eigenvalue weighted by Gasteiger charge is -2.17. The Kier molecular flexibility index (Phi) is 5.24. The summed E-state index contributed by atoms with van der Waals surface area (Å²) < 4.78 is 18.1. The number of benzene rings is 1. The Morgan fingerprint density at radius 3 is 2.60 bits per heavy atom. The van der Waals surface area contributed by atoms with Gasteiger partial charge in [0.1, 0.15) is 5.82 Å². The summed E-state index contributed by atoms with van der Waals surface area (Å²) in [4.78, 5) is 6.63. The maximum atomic E-state index is 12.9. The number of nitrogens with zero attached hydrogens (tertiary/aromatic N) is 3. The number of aromatic nitrogens is 2. The Hall–Kier alpha value is -1.75. The molecule has 0 radical (unpaired) electrons. The van der Waals surface area contributed by atoms with Crippen LogP contribution in [0.4, 0.5) is 4.39 Å². The molecule has 20 heavy (non-hydrogen) atoms. The minimum Gasteiger partial charge on any atom is -0.338 e. The van der Waals surface area contributed by atoms with E-state index in [-0.39, 0.29) is 5.82 Å². The smallest absolute Gasteiger partial charge is 0.241 e. The molecule has 1 aromatic carbocycles. The molecule has 5 heteroatoms. The molecule has 0 aliphatic rings. The summed E-state index contributed by atoms with van der Waals surface area (Å²) in [7, 11) is 0. The lowest BCUT2D eigenvalue weighted by molar-refractivity contribution is 0.233. The van der Waals surface area contributed by atoms with E-state index in [9.17, 15) is 4.39 Å². The van der Waals surface area contributed by atoms with E-state index in [1.807, 2.05) is 0 Å². The fourth-order valence-electron chi connectivity index (χ4n) is 1.96. The molecule has 108 valence electrons. The molecule has 0 atom stereocenters. The van der Waals surface area contributed by atoms with E-state index in [1.165, 1.54) is 18.6 Å². The zero-order chi connectivity index (χ0) is 14.4. The van der Waals surface area contributed by atoms with Gasteiger partial charge in [0, 0.05) is 5.56 Å². The Labute approximate surface area is 118 Å². The van der Waals surface area contributed by atoms with Crippen LogP contribution < -0.4 is 0 Å². The zero-order valence-corrected chi connectivity index (χ0v) is 12.0. The first-order valence-corrected chi connectivity index (χ1v) is 7.03. The number of halogens is 1. The van der Waals surface area contributed by atoms with Gasteiger partial charge in [-0.2, -0.15) is 4.98 Å². The van der Waals surface area contributed by atoms with Gasteiger partial charge in [0.25, 0.3) is 0 Å². The monoisotopic (exact) mass is 277 g/mol. The van der Waals surface area contributed by atoms with Gasteiger partial charge in [-0.1, -0.05) is 25.4 Å². The van der Waals surface area contributed by atoms with Crippen molar-refractivity contribution in [2.24, 2.45) is 0 Å². The summed E-state index contributed by atoms with van der Waals surface area (Å²) in [5.74, 6) is 0.836. The summed E-state index contributed by atoms with van der Waals surface area (Å²) in [5, 5.41) is 3.95. The molecule has 0 aliphatic carbocycles. The van der Waals surface area contributed by atoms with E-state index >= 15 is 0 Å². The van der Waals surface area contributed by atoms with E-state index in [1.54, 1.807) is 12.1 Å². The van der Waals surface area contributed by atoms with Crippen LogP contribution in [0.5, 0.6) is 0 Å². The maximum Gasteiger partial charge on any atom is 0.241 e. The summed E-state index contributed by atoms with van der Waals surface area (Å²) in [6.07, 6.45) is 2.33. The van der Waals surface area contributed by atoms with Crippen molar-refractivity contribution in [1.29, 1.82) is 0 Å². The van der Waals surface area contributed by atoms with E-state index in [2.05, 4.69) is 28.9 Å². The SMILES string of the molecule is CCCCN(CC)Cc1nc(-c2ccc(F)cc2)no1.